The first kappa shape index (κ1) is 21.6. The average molecular weight is 415 g/mol. The van der Waals surface area contributed by atoms with E-state index in [0.29, 0.717) is 31.2 Å². The van der Waals surface area contributed by atoms with E-state index in [0.717, 1.165) is 31.2 Å². The summed E-state index contributed by atoms with van der Waals surface area (Å²) >= 11 is 0. The van der Waals surface area contributed by atoms with E-state index in [1.54, 1.807) is 10.7 Å². The molecule has 0 saturated carbocycles. The monoisotopic (exact) mass is 414 g/mol. The standard InChI is InChI=1S/C21H30N6O3/c1-4-22-21(27-9-11-30-20(15-27)17-13-24-26(3)14-17)23-8-10-29-19-7-5-6-18(12-19)25-16(2)28/h5-7,12-14,20H,4,8-11,15H2,1-3H3,(H,22,23)(H,25,28). The lowest BCUT2D eigenvalue weighted by atomic mass is 10.1. The molecule has 3 rings (SSSR count). The molecule has 9 nitrogen and oxygen atoms in total. The maximum atomic E-state index is 11.2. The quantitative estimate of drug-likeness (QED) is 0.408. The van der Waals surface area contributed by atoms with Gasteiger partial charge in [-0.2, -0.15) is 5.10 Å². The lowest BCUT2D eigenvalue weighted by molar-refractivity contribution is -0.114. The number of rotatable bonds is 7. The molecule has 1 atom stereocenters. The van der Waals surface area contributed by atoms with Crippen LogP contribution >= 0.6 is 0 Å². The minimum Gasteiger partial charge on any atom is -0.492 e. The van der Waals surface area contributed by atoms with E-state index >= 15 is 0 Å². The van der Waals surface area contributed by atoms with Crippen molar-refractivity contribution in [3.63, 3.8) is 0 Å². The molecule has 1 aliphatic heterocycles. The summed E-state index contributed by atoms with van der Waals surface area (Å²) in [6.45, 7) is 7.41. The number of aromatic nitrogens is 2. The van der Waals surface area contributed by atoms with Gasteiger partial charge < -0.3 is 25.0 Å². The van der Waals surface area contributed by atoms with Gasteiger partial charge in [0.2, 0.25) is 5.91 Å². The van der Waals surface area contributed by atoms with Crippen molar-refractivity contribution in [1.29, 1.82) is 0 Å². The first-order chi connectivity index (χ1) is 14.5. The highest BCUT2D eigenvalue weighted by molar-refractivity contribution is 5.88. The van der Waals surface area contributed by atoms with Crippen molar-refractivity contribution in [3.8, 4) is 5.75 Å². The summed E-state index contributed by atoms with van der Waals surface area (Å²) in [6, 6.07) is 7.34. The molecule has 9 heteroatoms. The molecular formula is C21H30N6O3. The summed E-state index contributed by atoms with van der Waals surface area (Å²) in [6.07, 6.45) is 3.81. The number of hydrogen-bond acceptors (Lipinski definition) is 5. The second-order valence-corrected chi connectivity index (χ2v) is 7.05. The summed E-state index contributed by atoms with van der Waals surface area (Å²) < 4.78 is 13.5. The van der Waals surface area contributed by atoms with Gasteiger partial charge in [0.25, 0.3) is 0 Å². The molecule has 0 aliphatic carbocycles. The molecule has 2 heterocycles. The average Bonchev–Trinajstić information content (AvgIpc) is 3.17. The van der Waals surface area contributed by atoms with Gasteiger partial charge in [0, 0.05) is 50.6 Å². The molecule has 0 radical (unpaired) electrons. The van der Waals surface area contributed by atoms with Crippen LogP contribution in [0.5, 0.6) is 5.75 Å². The third-order valence-corrected chi connectivity index (χ3v) is 4.57. The molecule has 1 saturated heterocycles. The van der Waals surface area contributed by atoms with Crippen LogP contribution in [0, 0.1) is 0 Å². The first-order valence-electron chi connectivity index (χ1n) is 10.2. The number of carbonyl (C=O) groups excluding carboxylic acids is 1. The van der Waals surface area contributed by atoms with Gasteiger partial charge in [0.15, 0.2) is 5.96 Å². The number of benzene rings is 1. The maximum Gasteiger partial charge on any atom is 0.221 e. The Balaban J connectivity index is 1.56. The Morgan fingerprint density at radius 2 is 2.30 bits per heavy atom. The number of aliphatic imine (C=N–C) groups is 1. The highest BCUT2D eigenvalue weighted by Crippen LogP contribution is 2.21. The molecule has 1 unspecified atom stereocenters. The van der Waals surface area contributed by atoms with Crippen LogP contribution in [0.1, 0.15) is 25.5 Å². The lowest BCUT2D eigenvalue weighted by Gasteiger charge is -2.34. The Morgan fingerprint density at radius 3 is 3.03 bits per heavy atom. The van der Waals surface area contributed by atoms with Crippen molar-refractivity contribution in [1.82, 2.24) is 20.0 Å². The molecule has 0 spiro atoms. The summed E-state index contributed by atoms with van der Waals surface area (Å²) in [5.74, 6) is 1.44. The first-order valence-corrected chi connectivity index (χ1v) is 10.2. The maximum absolute atomic E-state index is 11.2. The van der Waals surface area contributed by atoms with Crippen LogP contribution in [0.15, 0.2) is 41.7 Å². The number of amides is 1. The Kier molecular flexibility index (Phi) is 7.67. The number of nitrogens with zero attached hydrogens (tertiary/aromatic N) is 4. The molecule has 1 aromatic carbocycles. The molecule has 1 fully saturated rings. The normalized spacial score (nSPS) is 17.0. The van der Waals surface area contributed by atoms with Crippen LogP contribution in [0.3, 0.4) is 0 Å². The van der Waals surface area contributed by atoms with Gasteiger partial charge in [-0.15, -0.1) is 0 Å². The van der Waals surface area contributed by atoms with Crippen molar-refractivity contribution < 1.29 is 14.3 Å². The Hall–Kier alpha value is -3.07. The molecule has 2 aromatic rings. The van der Waals surface area contributed by atoms with E-state index in [-0.39, 0.29) is 12.0 Å². The Morgan fingerprint density at radius 1 is 1.43 bits per heavy atom. The number of hydrogen-bond donors (Lipinski definition) is 2. The van der Waals surface area contributed by atoms with Crippen molar-refractivity contribution in [2.75, 3.05) is 44.7 Å². The van der Waals surface area contributed by atoms with Crippen LogP contribution in [0.25, 0.3) is 0 Å². The molecular weight excluding hydrogens is 384 g/mol. The SMILES string of the molecule is CCNC(=NCCOc1cccc(NC(C)=O)c1)N1CCOC(c2cnn(C)c2)C1. The minimum absolute atomic E-state index is 0.0240. The van der Waals surface area contributed by atoms with Gasteiger partial charge >= 0.3 is 0 Å². The van der Waals surface area contributed by atoms with Gasteiger partial charge in [-0.05, 0) is 19.1 Å². The third kappa shape index (κ3) is 6.21. The third-order valence-electron chi connectivity index (χ3n) is 4.57. The zero-order valence-electron chi connectivity index (χ0n) is 17.8. The summed E-state index contributed by atoms with van der Waals surface area (Å²) in [5, 5.41) is 10.3. The predicted molar refractivity (Wildman–Crippen MR) is 116 cm³/mol. The van der Waals surface area contributed by atoms with Crippen molar-refractivity contribution in [2.24, 2.45) is 12.0 Å². The number of morpholine rings is 1. The number of carbonyl (C=O) groups is 1. The zero-order chi connectivity index (χ0) is 21.3. The van der Waals surface area contributed by atoms with Crippen LogP contribution < -0.4 is 15.4 Å². The fourth-order valence-corrected chi connectivity index (χ4v) is 3.26. The molecule has 30 heavy (non-hydrogen) atoms. The van der Waals surface area contributed by atoms with E-state index in [4.69, 9.17) is 14.5 Å². The Bertz CT molecular complexity index is 866. The van der Waals surface area contributed by atoms with Crippen molar-refractivity contribution >= 4 is 17.6 Å². The molecule has 1 amide bonds. The number of aryl methyl sites for hydroxylation is 1. The zero-order valence-corrected chi connectivity index (χ0v) is 17.8. The minimum atomic E-state index is -0.109. The molecule has 162 valence electrons. The van der Waals surface area contributed by atoms with Gasteiger partial charge in [-0.1, -0.05) is 6.07 Å². The highest BCUT2D eigenvalue weighted by Gasteiger charge is 2.25. The van der Waals surface area contributed by atoms with E-state index in [1.807, 2.05) is 37.6 Å². The molecule has 1 aromatic heterocycles. The largest absolute Gasteiger partial charge is 0.492 e. The Labute approximate surface area is 177 Å². The number of guanidine groups is 1. The smallest absolute Gasteiger partial charge is 0.221 e. The van der Waals surface area contributed by atoms with E-state index in [9.17, 15) is 4.79 Å². The van der Waals surface area contributed by atoms with Crippen molar-refractivity contribution in [3.05, 3.63) is 42.2 Å². The molecule has 2 N–H and O–H groups in total. The number of anilines is 1. The fraction of sp³-hybridized carbons (Fsp3) is 0.476. The predicted octanol–water partition coefficient (Wildman–Crippen LogP) is 1.80. The van der Waals surface area contributed by atoms with Crippen LogP contribution in [0.4, 0.5) is 5.69 Å². The summed E-state index contributed by atoms with van der Waals surface area (Å²) in [7, 11) is 1.90. The highest BCUT2D eigenvalue weighted by atomic mass is 16.5. The second kappa shape index (κ2) is 10.6. The fourth-order valence-electron chi connectivity index (χ4n) is 3.26. The van der Waals surface area contributed by atoms with Gasteiger partial charge in [0.05, 0.1) is 25.9 Å². The van der Waals surface area contributed by atoms with Gasteiger partial charge in [0.1, 0.15) is 18.5 Å². The van der Waals surface area contributed by atoms with E-state index < -0.39 is 0 Å². The second-order valence-electron chi connectivity index (χ2n) is 7.05. The number of ether oxygens (including phenoxy) is 2. The van der Waals surface area contributed by atoms with Crippen LogP contribution in [-0.2, 0) is 16.6 Å². The van der Waals surface area contributed by atoms with Crippen LogP contribution in [-0.4, -0.2) is 65.9 Å². The molecule has 1 aliphatic rings. The van der Waals surface area contributed by atoms with Gasteiger partial charge in [-0.25, -0.2) is 4.99 Å². The van der Waals surface area contributed by atoms with E-state index in [1.165, 1.54) is 6.92 Å². The van der Waals surface area contributed by atoms with Gasteiger partial charge in [-0.3, -0.25) is 9.48 Å². The molecule has 0 bridgehead atoms. The van der Waals surface area contributed by atoms with E-state index in [2.05, 4.69) is 27.6 Å². The summed E-state index contributed by atoms with van der Waals surface area (Å²) in [5.41, 5.74) is 1.78. The number of nitrogens with one attached hydrogen (secondary N) is 2. The van der Waals surface area contributed by atoms with Crippen LogP contribution in [0.2, 0.25) is 0 Å². The topological polar surface area (TPSA) is 93.0 Å². The summed E-state index contributed by atoms with van der Waals surface area (Å²) in [4.78, 5) is 18.1. The lowest BCUT2D eigenvalue weighted by Crippen LogP contribution is -2.48. The van der Waals surface area contributed by atoms with Crippen molar-refractivity contribution in [2.45, 2.75) is 20.0 Å².